The van der Waals surface area contributed by atoms with Gasteiger partial charge in [0.05, 0.1) is 31.3 Å². The van der Waals surface area contributed by atoms with Gasteiger partial charge in [0.1, 0.15) is 0 Å². The molecule has 0 aliphatic carbocycles. The van der Waals surface area contributed by atoms with Crippen LogP contribution < -0.4 is 5.32 Å². The third kappa shape index (κ3) is 44.6. The van der Waals surface area contributed by atoms with Crippen LogP contribution in [0.5, 0.6) is 0 Å². The van der Waals surface area contributed by atoms with Crippen molar-refractivity contribution < 1.29 is 20.1 Å². The Bertz CT molecular complexity index is 818. The summed E-state index contributed by atoms with van der Waals surface area (Å²) in [6.45, 7) is 4.29. The number of hydrogen-bond acceptors (Lipinski definition) is 4. The molecule has 0 aromatic carbocycles. The highest BCUT2D eigenvalue weighted by molar-refractivity contribution is 5.76. The van der Waals surface area contributed by atoms with E-state index < -0.39 is 18.2 Å². The Kier molecular flexibility index (Phi) is 48.0. The Hall–Kier alpha value is -0.910. The molecule has 1 amide bonds. The van der Waals surface area contributed by atoms with Crippen molar-refractivity contribution in [3.8, 4) is 0 Å². The maximum Gasteiger partial charge on any atom is 0.222 e. The van der Waals surface area contributed by atoms with Crippen LogP contribution in [0.1, 0.15) is 296 Å². The van der Waals surface area contributed by atoms with Crippen molar-refractivity contribution in [3.63, 3.8) is 0 Å². The number of hydrogen-bond donors (Lipinski definition) is 4. The standard InChI is InChI=1S/C53H105NO4/c1-3-5-7-9-11-13-15-17-19-21-23-24-25-26-27-28-29-31-33-35-37-39-41-43-45-47-52(57)51(49-55)54-53(58)48-50(56)46-44-42-40-38-36-34-32-30-22-20-18-16-14-12-10-8-6-4-2/h30,32,50-52,55-57H,3-29,31,33-49H2,1-2H3,(H,54,58)/b32-30-. The first-order valence-electron chi connectivity index (χ1n) is 26.5. The summed E-state index contributed by atoms with van der Waals surface area (Å²) >= 11 is 0. The van der Waals surface area contributed by atoms with Gasteiger partial charge in [0, 0.05) is 0 Å². The largest absolute Gasteiger partial charge is 0.394 e. The van der Waals surface area contributed by atoms with E-state index in [0.29, 0.717) is 12.8 Å². The lowest BCUT2D eigenvalue weighted by molar-refractivity contribution is -0.125. The van der Waals surface area contributed by atoms with Gasteiger partial charge in [-0.2, -0.15) is 0 Å². The van der Waals surface area contributed by atoms with Gasteiger partial charge in [-0.15, -0.1) is 0 Å². The molecule has 58 heavy (non-hydrogen) atoms. The van der Waals surface area contributed by atoms with Crippen molar-refractivity contribution in [2.24, 2.45) is 0 Å². The van der Waals surface area contributed by atoms with E-state index in [1.807, 2.05) is 0 Å². The number of nitrogens with one attached hydrogen (secondary N) is 1. The van der Waals surface area contributed by atoms with Crippen LogP contribution in [0.15, 0.2) is 12.2 Å². The molecule has 5 heteroatoms. The number of carbonyl (C=O) groups is 1. The Morgan fingerprint density at radius 2 is 0.690 bits per heavy atom. The first-order valence-corrected chi connectivity index (χ1v) is 26.5. The van der Waals surface area contributed by atoms with E-state index in [9.17, 15) is 20.1 Å². The number of allylic oxidation sites excluding steroid dienone is 2. The van der Waals surface area contributed by atoms with Crippen LogP contribution in [-0.4, -0.2) is 46.1 Å². The second kappa shape index (κ2) is 48.8. The molecule has 5 nitrogen and oxygen atoms in total. The van der Waals surface area contributed by atoms with Crippen LogP contribution in [0.4, 0.5) is 0 Å². The van der Waals surface area contributed by atoms with E-state index in [0.717, 1.165) is 32.1 Å². The summed E-state index contributed by atoms with van der Waals surface area (Å²) in [5.41, 5.74) is 0. The molecule has 0 fully saturated rings. The molecule has 0 saturated carbocycles. The molecule has 0 spiro atoms. The highest BCUT2D eigenvalue weighted by Crippen LogP contribution is 2.18. The summed E-state index contributed by atoms with van der Waals surface area (Å²) in [6.07, 6.45) is 59.2. The zero-order chi connectivity index (χ0) is 42.3. The smallest absolute Gasteiger partial charge is 0.222 e. The molecule has 4 N–H and O–H groups in total. The second-order valence-electron chi connectivity index (χ2n) is 18.5. The lowest BCUT2D eigenvalue weighted by Gasteiger charge is -2.23. The van der Waals surface area contributed by atoms with Crippen LogP contribution in [-0.2, 0) is 4.79 Å². The predicted molar refractivity (Wildman–Crippen MR) is 255 cm³/mol. The Morgan fingerprint density at radius 1 is 0.414 bits per heavy atom. The van der Waals surface area contributed by atoms with Gasteiger partial charge in [-0.1, -0.05) is 264 Å². The normalized spacial score (nSPS) is 13.4. The third-order valence-corrected chi connectivity index (χ3v) is 12.6. The number of unbranched alkanes of at least 4 members (excludes halogenated alkanes) is 38. The minimum absolute atomic E-state index is 0.0342. The molecular formula is C53H105NO4. The maximum atomic E-state index is 12.5. The zero-order valence-electron chi connectivity index (χ0n) is 39.5. The van der Waals surface area contributed by atoms with Gasteiger partial charge in [-0.05, 0) is 38.5 Å². The molecule has 3 atom stereocenters. The van der Waals surface area contributed by atoms with Gasteiger partial charge in [0.25, 0.3) is 0 Å². The highest BCUT2D eigenvalue weighted by Gasteiger charge is 2.21. The van der Waals surface area contributed by atoms with Gasteiger partial charge >= 0.3 is 0 Å². The number of aliphatic hydroxyl groups is 3. The Balaban J connectivity index is 3.53. The van der Waals surface area contributed by atoms with Gasteiger partial charge in [-0.3, -0.25) is 4.79 Å². The van der Waals surface area contributed by atoms with Crippen molar-refractivity contribution >= 4 is 5.91 Å². The van der Waals surface area contributed by atoms with Crippen LogP contribution >= 0.6 is 0 Å². The predicted octanol–water partition coefficient (Wildman–Crippen LogP) is 15.9. The first-order chi connectivity index (χ1) is 28.5. The van der Waals surface area contributed by atoms with Crippen molar-refractivity contribution in [3.05, 3.63) is 12.2 Å². The fraction of sp³-hybridized carbons (Fsp3) is 0.943. The lowest BCUT2D eigenvalue weighted by atomic mass is 10.0. The summed E-state index contributed by atoms with van der Waals surface area (Å²) in [6, 6.07) is -0.659. The van der Waals surface area contributed by atoms with E-state index in [4.69, 9.17) is 0 Å². The minimum atomic E-state index is -0.750. The van der Waals surface area contributed by atoms with Gasteiger partial charge in [-0.25, -0.2) is 0 Å². The van der Waals surface area contributed by atoms with E-state index in [-0.39, 0.29) is 18.9 Å². The van der Waals surface area contributed by atoms with E-state index in [1.165, 1.54) is 231 Å². The topological polar surface area (TPSA) is 89.8 Å². The highest BCUT2D eigenvalue weighted by atomic mass is 16.3. The molecule has 0 aromatic heterocycles. The molecule has 0 aromatic rings. The SMILES string of the molecule is CCCCCCCCCCC/C=C\CCCCCCCC(O)CC(=O)NC(CO)C(O)CCCCCCCCCCCCCCCCCCCCCCCCCCC. The Morgan fingerprint density at radius 3 is 1.00 bits per heavy atom. The molecule has 0 bridgehead atoms. The van der Waals surface area contributed by atoms with Gasteiger partial charge in [0.15, 0.2) is 0 Å². The minimum Gasteiger partial charge on any atom is -0.394 e. The zero-order valence-corrected chi connectivity index (χ0v) is 39.5. The summed E-state index contributed by atoms with van der Waals surface area (Å²) in [5, 5.41) is 33.6. The fourth-order valence-corrected chi connectivity index (χ4v) is 8.52. The Labute approximate surface area is 363 Å². The number of carbonyl (C=O) groups excluding carboxylic acids is 1. The van der Waals surface area contributed by atoms with Crippen LogP contribution in [0.25, 0.3) is 0 Å². The third-order valence-electron chi connectivity index (χ3n) is 12.6. The molecule has 346 valence electrons. The van der Waals surface area contributed by atoms with Crippen LogP contribution in [0.3, 0.4) is 0 Å². The summed E-state index contributed by atoms with van der Waals surface area (Å²) in [7, 11) is 0. The second-order valence-corrected chi connectivity index (χ2v) is 18.5. The van der Waals surface area contributed by atoms with Crippen LogP contribution in [0.2, 0.25) is 0 Å². The van der Waals surface area contributed by atoms with Gasteiger partial charge < -0.3 is 20.6 Å². The number of rotatable bonds is 49. The molecule has 0 radical (unpaired) electrons. The van der Waals surface area contributed by atoms with Crippen molar-refractivity contribution in [2.45, 2.75) is 315 Å². The van der Waals surface area contributed by atoms with E-state index >= 15 is 0 Å². The summed E-state index contributed by atoms with van der Waals surface area (Å²) in [5.74, 6) is -0.283. The van der Waals surface area contributed by atoms with E-state index in [2.05, 4.69) is 31.3 Å². The average Bonchev–Trinajstić information content (AvgIpc) is 3.22. The molecule has 0 saturated heterocycles. The molecular weight excluding hydrogens is 715 g/mol. The van der Waals surface area contributed by atoms with Gasteiger partial charge in [0.2, 0.25) is 5.91 Å². The monoisotopic (exact) mass is 820 g/mol. The maximum absolute atomic E-state index is 12.5. The molecule has 0 rings (SSSR count). The molecule has 0 aliphatic heterocycles. The summed E-state index contributed by atoms with van der Waals surface area (Å²) < 4.78 is 0. The van der Waals surface area contributed by atoms with Crippen LogP contribution in [0, 0.1) is 0 Å². The molecule has 0 aliphatic rings. The summed E-state index contributed by atoms with van der Waals surface area (Å²) in [4.78, 5) is 12.5. The number of aliphatic hydroxyl groups excluding tert-OH is 3. The number of amides is 1. The quantitative estimate of drug-likeness (QED) is 0.0364. The average molecular weight is 820 g/mol. The van der Waals surface area contributed by atoms with Crippen molar-refractivity contribution in [2.75, 3.05) is 6.61 Å². The first kappa shape index (κ1) is 57.1. The van der Waals surface area contributed by atoms with Crippen molar-refractivity contribution in [1.82, 2.24) is 5.32 Å². The molecule has 3 unspecified atom stereocenters. The van der Waals surface area contributed by atoms with E-state index in [1.54, 1.807) is 0 Å². The molecule has 0 heterocycles. The lowest BCUT2D eigenvalue weighted by Crippen LogP contribution is -2.46. The van der Waals surface area contributed by atoms with Crippen molar-refractivity contribution in [1.29, 1.82) is 0 Å². The fourth-order valence-electron chi connectivity index (χ4n) is 8.52.